The highest BCUT2D eigenvalue weighted by Crippen LogP contribution is 2.34. The summed E-state index contributed by atoms with van der Waals surface area (Å²) in [6, 6.07) is 0.839. The molecule has 0 unspecified atom stereocenters. The molecule has 1 aliphatic heterocycles. The van der Waals surface area contributed by atoms with Crippen molar-refractivity contribution in [3.8, 4) is 0 Å². The maximum Gasteiger partial charge on any atom is 0.0116 e. The van der Waals surface area contributed by atoms with Gasteiger partial charge in [-0.15, -0.1) is 0 Å². The molecule has 0 aromatic carbocycles. The van der Waals surface area contributed by atoms with Crippen LogP contribution in [-0.2, 0) is 0 Å². The van der Waals surface area contributed by atoms with E-state index in [1.165, 1.54) is 64.0 Å². The highest BCUT2D eigenvalue weighted by molar-refractivity contribution is 8.00. The minimum absolute atomic E-state index is 0.474. The van der Waals surface area contributed by atoms with Crippen LogP contribution in [0.2, 0.25) is 0 Å². The molecule has 0 bridgehead atoms. The molecule has 2 nitrogen and oxygen atoms in total. The molecule has 0 radical (unpaired) electrons. The van der Waals surface area contributed by atoms with Gasteiger partial charge in [0.25, 0.3) is 0 Å². The summed E-state index contributed by atoms with van der Waals surface area (Å²) in [5, 5.41) is 3.79. The normalized spacial score (nSPS) is 24.6. The SMILES string of the molecule is CCC(CC)(CNC1CC1)CN1CCSC(C)(C)CC1. The van der Waals surface area contributed by atoms with Crippen molar-refractivity contribution in [3.63, 3.8) is 0 Å². The van der Waals surface area contributed by atoms with Crippen molar-refractivity contribution >= 4 is 11.8 Å². The van der Waals surface area contributed by atoms with Gasteiger partial charge in [0.05, 0.1) is 0 Å². The molecule has 118 valence electrons. The summed E-state index contributed by atoms with van der Waals surface area (Å²) in [5.41, 5.74) is 0.488. The molecule has 2 aliphatic rings. The van der Waals surface area contributed by atoms with Gasteiger partial charge in [-0.3, -0.25) is 0 Å². The standard InChI is InChI=1S/C17H34N2S/c1-5-17(6-2,13-18-15-7-8-15)14-19-10-9-16(3,4)20-12-11-19/h15,18H,5-14H2,1-4H3. The molecule has 0 spiro atoms. The van der Waals surface area contributed by atoms with E-state index in [-0.39, 0.29) is 0 Å². The molecule has 1 saturated heterocycles. The Morgan fingerprint density at radius 2 is 1.90 bits per heavy atom. The number of thioether (sulfide) groups is 1. The van der Waals surface area contributed by atoms with Gasteiger partial charge < -0.3 is 10.2 Å². The molecule has 0 aromatic rings. The molecule has 0 amide bonds. The van der Waals surface area contributed by atoms with Crippen LogP contribution < -0.4 is 5.32 Å². The van der Waals surface area contributed by atoms with Crippen molar-refractivity contribution in [2.45, 2.75) is 70.6 Å². The third kappa shape index (κ3) is 4.92. The lowest BCUT2D eigenvalue weighted by molar-refractivity contribution is 0.138. The zero-order valence-electron chi connectivity index (χ0n) is 14.0. The average Bonchev–Trinajstić information content (AvgIpc) is 3.24. The third-order valence-corrected chi connectivity index (χ3v) is 6.70. The number of nitrogens with one attached hydrogen (secondary N) is 1. The van der Waals surface area contributed by atoms with Crippen LogP contribution in [0.3, 0.4) is 0 Å². The fourth-order valence-electron chi connectivity index (χ4n) is 3.12. The third-order valence-electron chi connectivity index (χ3n) is 5.33. The van der Waals surface area contributed by atoms with Gasteiger partial charge >= 0.3 is 0 Å². The predicted octanol–water partition coefficient (Wildman–Crippen LogP) is 3.76. The van der Waals surface area contributed by atoms with Gasteiger partial charge in [-0.2, -0.15) is 11.8 Å². The van der Waals surface area contributed by atoms with Gasteiger partial charge in [0, 0.05) is 36.2 Å². The van der Waals surface area contributed by atoms with E-state index >= 15 is 0 Å². The average molecular weight is 299 g/mol. The maximum absolute atomic E-state index is 3.79. The molecule has 1 N–H and O–H groups in total. The molecule has 1 aliphatic carbocycles. The van der Waals surface area contributed by atoms with Crippen LogP contribution in [0.5, 0.6) is 0 Å². The van der Waals surface area contributed by atoms with Gasteiger partial charge in [-0.25, -0.2) is 0 Å². The molecule has 2 fully saturated rings. The first kappa shape index (κ1) is 16.6. The van der Waals surface area contributed by atoms with E-state index in [1.54, 1.807) is 0 Å². The van der Waals surface area contributed by atoms with E-state index in [2.05, 4.69) is 49.7 Å². The first-order valence-electron chi connectivity index (χ1n) is 8.58. The van der Waals surface area contributed by atoms with E-state index in [4.69, 9.17) is 0 Å². The van der Waals surface area contributed by atoms with Crippen LogP contribution in [-0.4, -0.2) is 47.6 Å². The van der Waals surface area contributed by atoms with Crippen molar-refractivity contribution in [1.29, 1.82) is 0 Å². The monoisotopic (exact) mass is 298 g/mol. The van der Waals surface area contributed by atoms with Crippen LogP contribution in [0.1, 0.15) is 59.8 Å². The largest absolute Gasteiger partial charge is 0.313 e. The summed E-state index contributed by atoms with van der Waals surface area (Å²) >= 11 is 2.16. The summed E-state index contributed by atoms with van der Waals surface area (Å²) in [6.07, 6.45) is 6.74. The topological polar surface area (TPSA) is 15.3 Å². The zero-order valence-corrected chi connectivity index (χ0v) is 14.8. The molecular formula is C17H34N2S. The number of hydrogen-bond donors (Lipinski definition) is 1. The second-order valence-corrected chi connectivity index (χ2v) is 9.30. The second kappa shape index (κ2) is 7.02. The van der Waals surface area contributed by atoms with Gasteiger partial charge in [-0.1, -0.05) is 27.7 Å². The lowest BCUT2D eigenvalue weighted by atomic mass is 9.81. The quantitative estimate of drug-likeness (QED) is 0.770. The fraction of sp³-hybridized carbons (Fsp3) is 1.00. The Kier molecular flexibility index (Phi) is 5.84. The Hall–Kier alpha value is 0.270. The van der Waals surface area contributed by atoms with E-state index in [9.17, 15) is 0 Å². The smallest absolute Gasteiger partial charge is 0.0116 e. The minimum Gasteiger partial charge on any atom is -0.313 e. The second-order valence-electron chi connectivity index (χ2n) is 7.50. The van der Waals surface area contributed by atoms with Crippen molar-refractivity contribution < 1.29 is 0 Å². The van der Waals surface area contributed by atoms with E-state index in [0.29, 0.717) is 10.2 Å². The summed E-state index contributed by atoms with van der Waals surface area (Å²) < 4.78 is 0.474. The molecule has 1 saturated carbocycles. The highest BCUT2D eigenvalue weighted by atomic mass is 32.2. The molecule has 20 heavy (non-hydrogen) atoms. The summed E-state index contributed by atoms with van der Waals surface area (Å²) in [4.78, 5) is 2.74. The number of rotatable bonds is 7. The van der Waals surface area contributed by atoms with E-state index in [1.807, 2.05) is 0 Å². The molecule has 1 heterocycles. The fourth-order valence-corrected chi connectivity index (χ4v) is 4.26. The summed E-state index contributed by atoms with van der Waals surface area (Å²) in [6.45, 7) is 14.6. The van der Waals surface area contributed by atoms with Crippen molar-refractivity contribution in [2.75, 3.05) is 31.9 Å². The zero-order chi connectivity index (χ0) is 14.6. The lowest BCUT2D eigenvalue weighted by Gasteiger charge is -2.37. The van der Waals surface area contributed by atoms with Gasteiger partial charge in [0.2, 0.25) is 0 Å². The Morgan fingerprint density at radius 1 is 1.20 bits per heavy atom. The van der Waals surface area contributed by atoms with Crippen molar-refractivity contribution in [2.24, 2.45) is 5.41 Å². The molecule has 0 aromatic heterocycles. The molecule has 0 atom stereocenters. The molecule has 2 rings (SSSR count). The summed E-state index contributed by atoms with van der Waals surface area (Å²) in [7, 11) is 0. The van der Waals surface area contributed by atoms with Crippen LogP contribution in [0, 0.1) is 5.41 Å². The Morgan fingerprint density at radius 3 is 2.50 bits per heavy atom. The molecular weight excluding hydrogens is 264 g/mol. The maximum atomic E-state index is 3.79. The lowest BCUT2D eigenvalue weighted by Crippen LogP contribution is -2.45. The Balaban J connectivity index is 1.88. The number of nitrogens with zero attached hydrogens (tertiary/aromatic N) is 1. The summed E-state index contributed by atoms with van der Waals surface area (Å²) in [5.74, 6) is 1.30. The first-order valence-corrected chi connectivity index (χ1v) is 9.57. The predicted molar refractivity (Wildman–Crippen MR) is 91.6 cm³/mol. The van der Waals surface area contributed by atoms with Crippen molar-refractivity contribution in [3.05, 3.63) is 0 Å². The van der Waals surface area contributed by atoms with Crippen LogP contribution in [0.4, 0.5) is 0 Å². The van der Waals surface area contributed by atoms with Gasteiger partial charge in [0.1, 0.15) is 0 Å². The van der Waals surface area contributed by atoms with E-state index < -0.39 is 0 Å². The minimum atomic E-state index is 0.474. The van der Waals surface area contributed by atoms with Crippen LogP contribution in [0.15, 0.2) is 0 Å². The Bertz CT molecular complexity index is 295. The van der Waals surface area contributed by atoms with E-state index in [0.717, 1.165) is 6.04 Å². The first-order chi connectivity index (χ1) is 9.49. The van der Waals surface area contributed by atoms with Crippen LogP contribution >= 0.6 is 11.8 Å². The van der Waals surface area contributed by atoms with Gasteiger partial charge in [0.15, 0.2) is 0 Å². The highest BCUT2D eigenvalue weighted by Gasteiger charge is 2.33. The number of hydrogen-bond acceptors (Lipinski definition) is 3. The molecule has 3 heteroatoms. The van der Waals surface area contributed by atoms with Crippen molar-refractivity contribution in [1.82, 2.24) is 10.2 Å². The van der Waals surface area contributed by atoms with Gasteiger partial charge in [-0.05, 0) is 44.1 Å². The van der Waals surface area contributed by atoms with Crippen LogP contribution in [0.25, 0.3) is 0 Å². The Labute approximate surface area is 130 Å².